The molecule has 2 aromatic carbocycles. The molecule has 5 rings (SSSR count). The topological polar surface area (TPSA) is 119 Å². The number of carboxylic acids is 2. The molecule has 1 aliphatic rings. The summed E-state index contributed by atoms with van der Waals surface area (Å²) >= 11 is 3.28. The molecule has 0 bridgehead atoms. The van der Waals surface area contributed by atoms with Crippen LogP contribution >= 0.6 is 15.9 Å². The lowest BCUT2D eigenvalue weighted by molar-refractivity contribution is 0.0686. The Bertz CT molecular complexity index is 1320. The summed E-state index contributed by atoms with van der Waals surface area (Å²) in [6, 6.07) is 15.5. The Balaban J connectivity index is 0.000000166. The summed E-state index contributed by atoms with van der Waals surface area (Å²) in [5.74, 6) is -1.92. The number of hydrogen-bond acceptors (Lipinski definition) is 7. The van der Waals surface area contributed by atoms with Crippen LogP contribution in [0.15, 0.2) is 105 Å². The fourth-order valence-electron chi connectivity index (χ4n) is 3.19. The van der Waals surface area contributed by atoms with Crippen molar-refractivity contribution < 1.29 is 28.6 Å². The van der Waals surface area contributed by atoms with Crippen molar-refractivity contribution in [2.24, 2.45) is 0 Å². The minimum Gasteiger partial charge on any atom is -0.478 e. The fraction of sp³-hybridized carbons (Fsp3) is 0. The van der Waals surface area contributed by atoms with Crippen molar-refractivity contribution >= 4 is 39.2 Å². The molecule has 1 aliphatic heterocycles. The third kappa shape index (κ3) is 4.87. The first-order valence-electron chi connectivity index (χ1n) is 9.87. The molecule has 4 aromatic rings. The maximum atomic E-state index is 11.2. The zero-order chi connectivity index (χ0) is 24.1. The average Bonchev–Trinajstić information content (AvgIpc) is 3.62. The summed E-state index contributed by atoms with van der Waals surface area (Å²) in [6.07, 6.45) is 9.81. The summed E-state index contributed by atoms with van der Waals surface area (Å²) in [5, 5.41) is 21.5. The van der Waals surface area contributed by atoms with E-state index in [2.05, 4.69) is 21.5 Å². The van der Waals surface area contributed by atoms with E-state index >= 15 is 0 Å². The van der Waals surface area contributed by atoms with E-state index in [0.29, 0.717) is 10.2 Å². The van der Waals surface area contributed by atoms with E-state index in [1.54, 1.807) is 96.0 Å². The summed E-state index contributed by atoms with van der Waals surface area (Å²) in [5.41, 5.74) is 6.56. The molecule has 0 amide bonds. The van der Waals surface area contributed by atoms with E-state index in [9.17, 15) is 9.59 Å². The van der Waals surface area contributed by atoms with Crippen LogP contribution in [0, 0.1) is 0 Å². The second kappa shape index (κ2) is 10.1. The van der Waals surface area contributed by atoms with Crippen molar-refractivity contribution in [2.45, 2.75) is 0 Å². The maximum absolute atomic E-state index is 11.2. The van der Waals surface area contributed by atoms with Crippen LogP contribution in [0.4, 0.5) is 11.4 Å². The maximum Gasteiger partial charge on any atom is 0.337 e. The number of nitrogens with one attached hydrogen (secondary N) is 1. The summed E-state index contributed by atoms with van der Waals surface area (Å²) in [6.45, 7) is 0. The van der Waals surface area contributed by atoms with Gasteiger partial charge in [-0.15, -0.1) is 5.53 Å². The molecule has 9 nitrogen and oxygen atoms in total. The number of halogens is 1. The Morgan fingerprint density at radius 1 is 0.794 bits per heavy atom. The molecule has 0 radical (unpaired) electrons. The number of hydrogen-bond donors (Lipinski definition) is 3. The minimum absolute atomic E-state index is 0.230. The second-order valence-corrected chi connectivity index (χ2v) is 7.72. The van der Waals surface area contributed by atoms with Crippen molar-refractivity contribution in [1.29, 1.82) is 0 Å². The van der Waals surface area contributed by atoms with Gasteiger partial charge < -0.3 is 19.0 Å². The number of carboxylic acid groups (broad SMARTS) is 2. The third-order valence-electron chi connectivity index (χ3n) is 4.82. The average molecular weight is 524 g/mol. The monoisotopic (exact) mass is 523 g/mol. The van der Waals surface area contributed by atoms with E-state index in [1.165, 1.54) is 0 Å². The van der Waals surface area contributed by atoms with Gasteiger partial charge in [-0.3, -0.25) is 10.0 Å². The van der Waals surface area contributed by atoms with Crippen LogP contribution < -0.4 is 15.6 Å². The highest BCUT2D eigenvalue weighted by molar-refractivity contribution is 9.10. The van der Waals surface area contributed by atoms with Gasteiger partial charge >= 0.3 is 11.9 Å². The molecule has 0 saturated carbocycles. The molecule has 2 aromatic heterocycles. The third-order valence-corrected chi connectivity index (χ3v) is 5.67. The Morgan fingerprint density at radius 2 is 1.47 bits per heavy atom. The molecule has 34 heavy (non-hydrogen) atoms. The minimum atomic E-state index is -0.965. The molecule has 0 spiro atoms. The number of rotatable bonds is 5. The Morgan fingerprint density at radius 3 is 2.15 bits per heavy atom. The Labute approximate surface area is 202 Å². The van der Waals surface area contributed by atoms with E-state index in [1.807, 2.05) is 6.07 Å². The van der Waals surface area contributed by atoms with Crippen LogP contribution in [0.1, 0.15) is 20.7 Å². The van der Waals surface area contributed by atoms with Crippen molar-refractivity contribution in [1.82, 2.24) is 5.53 Å². The Kier molecular flexibility index (Phi) is 6.81. The lowest BCUT2D eigenvalue weighted by Crippen LogP contribution is -2.39. The van der Waals surface area contributed by atoms with Crippen LogP contribution in [-0.4, -0.2) is 22.2 Å². The zero-order valence-corrected chi connectivity index (χ0v) is 19.0. The lowest BCUT2D eigenvalue weighted by atomic mass is 10.1. The molecular formula is C24H18BrN3O6. The second-order valence-electron chi connectivity index (χ2n) is 6.93. The molecule has 0 saturated heterocycles. The van der Waals surface area contributed by atoms with Crippen LogP contribution in [0.5, 0.6) is 0 Å². The fourth-order valence-corrected chi connectivity index (χ4v) is 3.85. The zero-order valence-electron chi connectivity index (χ0n) is 17.5. The van der Waals surface area contributed by atoms with Gasteiger partial charge in [0.1, 0.15) is 6.26 Å². The van der Waals surface area contributed by atoms with Crippen molar-refractivity contribution in [3.8, 4) is 11.1 Å². The van der Waals surface area contributed by atoms with E-state index < -0.39 is 11.9 Å². The van der Waals surface area contributed by atoms with Gasteiger partial charge in [0.05, 0.1) is 41.3 Å². The Hall–Kier alpha value is -4.28. The van der Waals surface area contributed by atoms with Gasteiger partial charge in [0.15, 0.2) is 0 Å². The predicted molar refractivity (Wildman–Crippen MR) is 128 cm³/mol. The van der Waals surface area contributed by atoms with Gasteiger partial charge in [0.25, 0.3) is 0 Å². The predicted octanol–water partition coefficient (Wildman–Crippen LogP) is 5.60. The number of benzene rings is 2. The number of nitrogens with zero attached hydrogens (tertiary/aromatic N) is 2. The van der Waals surface area contributed by atoms with Gasteiger partial charge in [-0.25, -0.2) is 9.59 Å². The van der Waals surface area contributed by atoms with Gasteiger partial charge in [-0.2, -0.15) is 0 Å². The van der Waals surface area contributed by atoms with Crippen molar-refractivity contribution in [2.75, 3.05) is 10.0 Å². The summed E-state index contributed by atoms with van der Waals surface area (Å²) in [7, 11) is 0. The first-order chi connectivity index (χ1) is 16.5. The van der Waals surface area contributed by atoms with Crippen molar-refractivity contribution in [3.05, 3.63) is 108 Å². The first-order valence-corrected chi connectivity index (χ1v) is 10.7. The molecule has 3 heterocycles. The van der Waals surface area contributed by atoms with E-state index in [4.69, 9.17) is 19.0 Å². The standard InChI is InChI=1S/C13H11N3O3.C11H7BrO3/c17-13(18)11-3-1-2-4-12(11)16-7-6-15(14-16)10-5-8-19-9-10;12-10-8(7-4-5-15-6-7)2-1-3-9(10)11(13)14/h1-9,14H,(H,17,18);1-6H,(H,13,14). The molecule has 10 heteroatoms. The lowest BCUT2D eigenvalue weighted by Gasteiger charge is -2.22. The van der Waals surface area contributed by atoms with E-state index in [-0.39, 0.29) is 11.1 Å². The highest BCUT2D eigenvalue weighted by Gasteiger charge is 2.20. The quantitative estimate of drug-likeness (QED) is 0.306. The SMILES string of the molecule is O=C(O)c1cccc(-c2ccoc2)c1Br.O=C(O)c1ccccc1N1C=CN(c2ccoc2)N1. The molecule has 0 atom stereocenters. The largest absolute Gasteiger partial charge is 0.478 e. The molecule has 0 fully saturated rings. The number of anilines is 2. The molecule has 3 N–H and O–H groups in total. The van der Waals surface area contributed by atoms with Gasteiger partial charge in [0, 0.05) is 28.5 Å². The smallest absolute Gasteiger partial charge is 0.337 e. The molecule has 0 unspecified atom stereocenters. The van der Waals surface area contributed by atoms with Gasteiger partial charge in [-0.1, -0.05) is 24.3 Å². The van der Waals surface area contributed by atoms with Crippen LogP contribution in [-0.2, 0) is 0 Å². The summed E-state index contributed by atoms with van der Waals surface area (Å²) in [4.78, 5) is 22.1. The van der Waals surface area contributed by atoms with Gasteiger partial charge in [-0.05, 0) is 45.8 Å². The van der Waals surface area contributed by atoms with Crippen LogP contribution in [0.2, 0.25) is 0 Å². The molecular weight excluding hydrogens is 506 g/mol. The molecule has 0 aliphatic carbocycles. The van der Waals surface area contributed by atoms with Crippen LogP contribution in [0.25, 0.3) is 11.1 Å². The highest BCUT2D eigenvalue weighted by atomic mass is 79.9. The highest BCUT2D eigenvalue weighted by Crippen LogP contribution is 2.31. The number of furan rings is 2. The molecule has 172 valence electrons. The van der Waals surface area contributed by atoms with E-state index in [0.717, 1.165) is 16.8 Å². The first kappa shape index (κ1) is 22.9. The normalized spacial score (nSPS) is 12.4. The number of aromatic carboxylic acids is 2. The van der Waals surface area contributed by atoms with Gasteiger partial charge in [0.2, 0.25) is 0 Å². The number of carbonyl (C=O) groups is 2. The summed E-state index contributed by atoms with van der Waals surface area (Å²) < 4.78 is 10.5. The van der Waals surface area contributed by atoms with Crippen LogP contribution in [0.3, 0.4) is 0 Å². The number of para-hydroxylation sites is 1. The number of hydrazine groups is 2. The van der Waals surface area contributed by atoms with Crippen molar-refractivity contribution in [3.63, 3.8) is 0 Å².